The fourth-order valence-electron chi connectivity index (χ4n) is 3.33. The minimum absolute atomic E-state index is 0.208. The van der Waals surface area contributed by atoms with Crippen molar-refractivity contribution < 1.29 is 9.47 Å². The molecule has 0 aliphatic rings. The van der Waals surface area contributed by atoms with Crippen LogP contribution in [0.15, 0.2) is 60.7 Å². The molecule has 0 saturated carbocycles. The second kappa shape index (κ2) is 8.04. The van der Waals surface area contributed by atoms with Crippen LogP contribution in [0, 0.1) is 0 Å². The molecule has 3 heteroatoms. The van der Waals surface area contributed by atoms with Gasteiger partial charge >= 0.3 is 0 Å². The van der Waals surface area contributed by atoms with Crippen molar-refractivity contribution in [3.05, 3.63) is 71.8 Å². The highest BCUT2D eigenvalue weighted by Gasteiger charge is 2.16. The van der Waals surface area contributed by atoms with Gasteiger partial charge in [0.15, 0.2) is 0 Å². The van der Waals surface area contributed by atoms with Crippen molar-refractivity contribution in [3.8, 4) is 11.5 Å². The van der Waals surface area contributed by atoms with Gasteiger partial charge in [-0.1, -0.05) is 42.5 Å². The maximum atomic E-state index is 6.13. The third-order valence-corrected chi connectivity index (χ3v) is 4.59. The number of rotatable bonds is 7. The summed E-state index contributed by atoms with van der Waals surface area (Å²) in [7, 11) is 1.72. The van der Waals surface area contributed by atoms with Crippen LogP contribution in [0.2, 0.25) is 0 Å². The van der Waals surface area contributed by atoms with Crippen LogP contribution in [0.5, 0.6) is 11.5 Å². The largest absolute Gasteiger partial charge is 0.496 e. The van der Waals surface area contributed by atoms with Crippen LogP contribution >= 0.6 is 0 Å². The Bertz CT molecular complexity index is 844. The van der Waals surface area contributed by atoms with E-state index in [9.17, 15) is 0 Å². The zero-order chi connectivity index (χ0) is 17.6. The average molecular weight is 335 g/mol. The molecular formula is C22H25NO2. The van der Waals surface area contributed by atoms with Crippen LogP contribution in [-0.4, -0.2) is 20.3 Å². The Morgan fingerprint density at radius 2 is 1.84 bits per heavy atom. The summed E-state index contributed by atoms with van der Waals surface area (Å²) in [6.07, 6.45) is 0.830. The number of hydrogen-bond donors (Lipinski definition) is 1. The van der Waals surface area contributed by atoms with Crippen molar-refractivity contribution in [1.29, 1.82) is 0 Å². The van der Waals surface area contributed by atoms with Gasteiger partial charge in [0.2, 0.25) is 0 Å². The molecule has 0 aromatic heterocycles. The summed E-state index contributed by atoms with van der Waals surface area (Å²) in [6.45, 7) is 3.23. The fraction of sp³-hybridized carbons (Fsp3) is 0.273. The lowest BCUT2D eigenvalue weighted by Gasteiger charge is -2.19. The number of benzene rings is 3. The molecule has 3 rings (SSSR count). The maximum absolute atomic E-state index is 6.13. The number of methoxy groups -OCH3 is 1. The first kappa shape index (κ1) is 17.3. The Balaban J connectivity index is 1.99. The molecule has 0 fully saturated rings. The topological polar surface area (TPSA) is 44.5 Å². The monoisotopic (exact) mass is 335 g/mol. The summed E-state index contributed by atoms with van der Waals surface area (Å²) in [6, 6.07) is 20.8. The average Bonchev–Trinajstić information content (AvgIpc) is 2.66. The van der Waals surface area contributed by atoms with E-state index >= 15 is 0 Å². The maximum Gasteiger partial charge on any atom is 0.122 e. The first-order valence-corrected chi connectivity index (χ1v) is 8.74. The summed E-state index contributed by atoms with van der Waals surface area (Å²) >= 11 is 0. The van der Waals surface area contributed by atoms with Crippen molar-refractivity contribution >= 4 is 10.8 Å². The second-order valence-electron chi connectivity index (χ2n) is 6.11. The van der Waals surface area contributed by atoms with E-state index in [1.54, 1.807) is 7.11 Å². The van der Waals surface area contributed by atoms with E-state index in [2.05, 4.69) is 42.5 Å². The molecular weight excluding hydrogens is 310 g/mol. The predicted octanol–water partition coefficient (Wildman–Crippen LogP) is 4.53. The summed E-state index contributed by atoms with van der Waals surface area (Å²) in [5.74, 6) is 2.02. The molecule has 3 aromatic rings. The normalized spacial score (nSPS) is 12.1. The van der Waals surface area contributed by atoms with Crippen molar-refractivity contribution in [3.63, 3.8) is 0 Å². The molecule has 3 aromatic carbocycles. The van der Waals surface area contributed by atoms with Gasteiger partial charge in [0.05, 0.1) is 13.7 Å². The van der Waals surface area contributed by atoms with Gasteiger partial charge in [-0.25, -0.2) is 0 Å². The van der Waals surface area contributed by atoms with Gasteiger partial charge in [-0.2, -0.15) is 0 Å². The molecule has 0 heterocycles. The van der Waals surface area contributed by atoms with Crippen LogP contribution in [-0.2, 0) is 6.42 Å². The highest BCUT2D eigenvalue weighted by Crippen LogP contribution is 2.33. The summed E-state index contributed by atoms with van der Waals surface area (Å²) in [4.78, 5) is 0. The van der Waals surface area contributed by atoms with E-state index in [0.29, 0.717) is 13.2 Å². The quantitative estimate of drug-likeness (QED) is 0.690. The van der Waals surface area contributed by atoms with Crippen LogP contribution in [0.4, 0.5) is 0 Å². The van der Waals surface area contributed by atoms with Crippen LogP contribution in [0.25, 0.3) is 10.8 Å². The van der Waals surface area contributed by atoms with E-state index in [4.69, 9.17) is 15.2 Å². The molecule has 0 saturated heterocycles. The number of ether oxygens (including phenoxy) is 2. The van der Waals surface area contributed by atoms with Gasteiger partial charge in [0, 0.05) is 11.5 Å². The van der Waals surface area contributed by atoms with E-state index in [1.165, 1.54) is 21.9 Å². The lowest BCUT2D eigenvalue weighted by atomic mass is 9.89. The third-order valence-electron chi connectivity index (χ3n) is 4.59. The van der Waals surface area contributed by atoms with Crippen molar-refractivity contribution in [2.24, 2.45) is 5.73 Å². The molecule has 0 spiro atoms. The second-order valence-corrected chi connectivity index (χ2v) is 6.11. The summed E-state index contributed by atoms with van der Waals surface area (Å²) in [5, 5.41) is 2.44. The van der Waals surface area contributed by atoms with Crippen LogP contribution in [0.3, 0.4) is 0 Å². The van der Waals surface area contributed by atoms with Crippen LogP contribution in [0.1, 0.15) is 24.0 Å². The van der Waals surface area contributed by atoms with E-state index < -0.39 is 0 Å². The number of hydrogen-bond acceptors (Lipinski definition) is 3. The first-order valence-electron chi connectivity index (χ1n) is 8.74. The number of nitrogens with two attached hydrogens (primary N) is 1. The van der Waals surface area contributed by atoms with Gasteiger partial charge in [0.25, 0.3) is 0 Å². The van der Waals surface area contributed by atoms with E-state index in [-0.39, 0.29) is 5.92 Å². The Hall–Kier alpha value is -2.52. The molecule has 0 aliphatic carbocycles. The highest BCUT2D eigenvalue weighted by atomic mass is 16.5. The highest BCUT2D eigenvalue weighted by molar-refractivity contribution is 5.87. The number of fused-ring (bicyclic) bond motifs is 1. The molecule has 3 nitrogen and oxygen atoms in total. The molecule has 0 radical (unpaired) electrons. The van der Waals surface area contributed by atoms with Crippen molar-refractivity contribution in [2.75, 3.05) is 20.3 Å². The molecule has 0 amide bonds. The zero-order valence-corrected chi connectivity index (χ0v) is 14.9. The molecule has 0 bridgehead atoms. The minimum atomic E-state index is 0.208. The van der Waals surface area contributed by atoms with Gasteiger partial charge in [-0.3, -0.25) is 0 Å². The zero-order valence-electron chi connectivity index (χ0n) is 14.9. The van der Waals surface area contributed by atoms with Gasteiger partial charge in [0.1, 0.15) is 11.5 Å². The fourth-order valence-corrected chi connectivity index (χ4v) is 3.33. The summed E-state index contributed by atoms with van der Waals surface area (Å²) < 4.78 is 11.3. The third kappa shape index (κ3) is 3.77. The van der Waals surface area contributed by atoms with E-state index in [1.807, 2.05) is 25.1 Å². The molecule has 25 heavy (non-hydrogen) atoms. The Morgan fingerprint density at radius 1 is 1.00 bits per heavy atom. The first-order chi connectivity index (χ1) is 12.3. The van der Waals surface area contributed by atoms with Crippen molar-refractivity contribution in [2.45, 2.75) is 19.3 Å². The smallest absolute Gasteiger partial charge is 0.122 e. The standard InChI is InChI=1S/C22H25NO2/c1-3-25-19-9-6-8-17(13-19)18(15-23)14-21-20-10-5-4-7-16(20)11-12-22(21)24-2/h4-13,18H,3,14-15,23H2,1-2H3. The Kier molecular flexibility index (Phi) is 5.56. The SMILES string of the molecule is CCOc1cccc(C(CN)Cc2c(OC)ccc3ccccc23)c1. The van der Waals surface area contributed by atoms with Gasteiger partial charge < -0.3 is 15.2 Å². The lowest BCUT2D eigenvalue weighted by Crippen LogP contribution is -2.16. The van der Waals surface area contributed by atoms with Gasteiger partial charge in [-0.15, -0.1) is 0 Å². The van der Waals surface area contributed by atoms with Crippen molar-refractivity contribution in [1.82, 2.24) is 0 Å². The predicted molar refractivity (Wildman–Crippen MR) is 104 cm³/mol. The Labute approximate surface area is 149 Å². The molecule has 1 unspecified atom stereocenters. The minimum Gasteiger partial charge on any atom is -0.496 e. The van der Waals surface area contributed by atoms with Gasteiger partial charge in [-0.05, 0) is 54.4 Å². The Morgan fingerprint density at radius 3 is 2.60 bits per heavy atom. The van der Waals surface area contributed by atoms with E-state index in [0.717, 1.165) is 17.9 Å². The summed E-state index contributed by atoms with van der Waals surface area (Å²) in [5.41, 5.74) is 8.53. The molecule has 1 atom stereocenters. The molecule has 2 N–H and O–H groups in total. The lowest BCUT2D eigenvalue weighted by molar-refractivity contribution is 0.339. The molecule has 130 valence electrons. The molecule has 0 aliphatic heterocycles. The van der Waals surface area contributed by atoms with Crippen LogP contribution < -0.4 is 15.2 Å².